The summed E-state index contributed by atoms with van der Waals surface area (Å²) in [4.78, 5) is 49.1. The molecule has 4 amide bonds. The summed E-state index contributed by atoms with van der Waals surface area (Å²) in [6.45, 7) is 1.17. The number of nitrogens with one attached hydrogen (secondary N) is 2. The van der Waals surface area contributed by atoms with Crippen molar-refractivity contribution in [2.45, 2.75) is 37.8 Å². The molecule has 0 spiro atoms. The number of carbonyl (C=O) groups excluding carboxylic acids is 3. The third kappa shape index (κ3) is 3.54. The number of rotatable bonds is 7. The van der Waals surface area contributed by atoms with E-state index in [1.54, 1.807) is 31.2 Å². The highest BCUT2D eigenvalue weighted by atomic mass is 16.4. The van der Waals surface area contributed by atoms with Crippen molar-refractivity contribution >= 4 is 23.8 Å². The number of carboxylic acids is 1. The molecule has 3 rings (SSSR count). The summed E-state index contributed by atoms with van der Waals surface area (Å²) in [5, 5.41) is 14.4. The Bertz CT molecular complexity index is 746. The van der Waals surface area contributed by atoms with Gasteiger partial charge in [0.05, 0.1) is 0 Å². The molecular weight excluding hydrogens is 338 g/mol. The van der Waals surface area contributed by atoms with E-state index in [4.69, 9.17) is 0 Å². The van der Waals surface area contributed by atoms with Crippen LogP contribution in [0.15, 0.2) is 30.3 Å². The number of imide groups is 1. The van der Waals surface area contributed by atoms with Gasteiger partial charge in [-0.1, -0.05) is 30.3 Å². The van der Waals surface area contributed by atoms with Gasteiger partial charge in [0.2, 0.25) is 5.91 Å². The lowest BCUT2D eigenvalue weighted by molar-refractivity contribution is -0.142. The second-order valence-corrected chi connectivity index (χ2v) is 6.95. The van der Waals surface area contributed by atoms with Gasteiger partial charge in [-0.3, -0.25) is 14.5 Å². The lowest BCUT2D eigenvalue weighted by Gasteiger charge is -2.21. The number of amides is 4. The minimum absolute atomic E-state index is 0.0943. The van der Waals surface area contributed by atoms with Crippen molar-refractivity contribution in [3.05, 3.63) is 35.9 Å². The maximum atomic E-state index is 12.5. The number of nitrogens with zero attached hydrogens (tertiary/aromatic N) is 1. The molecule has 2 unspecified atom stereocenters. The molecule has 3 N–H and O–H groups in total. The number of hydrogen-bond acceptors (Lipinski definition) is 4. The van der Waals surface area contributed by atoms with E-state index in [-0.39, 0.29) is 12.3 Å². The molecule has 1 heterocycles. The lowest BCUT2D eigenvalue weighted by Crippen LogP contribution is -2.49. The van der Waals surface area contributed by atoms with Crippen molar-refractivity contribution in [1.82, 2.24) is 15.5 Å². The van der Waals surface area contributed by atoms with Gasteiger partial charge in [0.15, 0.2) is 0 Å². The van der Waals surface area contributed by atoms with Crippen molar-refractivity contribution in [1.29, 1.82) is 0 Å². The molecule has 0 radical (unpaired) electrons. The van der Waals surface area contributed by atoms with Crippen LogP contribution in [0, 0.1) is 5.92 Å². The Labute approximate surface area is 150 Å². The maximum absolute atomic E-state index is 12.5. The second kappa shape index (κ2) is 6.78. The molecule has 1 aliphatic carbocycles. The Morgan fingerprint density at radius 2 is 1.96 bits per heavy atom. The highest BCUT2D eigenvalue weighted by molar-refractivity contribution is 6.09. The fourth-order valence-electron chi connectivity index (χ4n) is 3.23. The SMILES string of the molecule is CC1(C2CC2)NC(=O)N(CC(=O)NC(Cc2ccccc2)C(=O)O)C1=O. The molecule has 0 aromatic heterocycles. The van der Waals surface area contributed by atoms with Gasteiger partial charge in [-0.2, -0.15) is 0 Å². The normalized spacial score (nSPS) is 23.5. The average molecular weight is 359 g/mol. The van der Waals surface area contributed by atoms with Crippen molar-refractivity contribution in [3.8, 4) is 0 Å². The van der Waals surface area contributed by atoms with E-state index >= 15 is 0 Å². The predicted molar refractivity (Wildman–Crippen MR) is 91.1 cm³/mol. The quantitative estimate of drug-likeness (QED) is 0.614. The fraction of sp³-hybridized carbons (Fsp3) is 0.444. The van der Waals surface area contributed by atoms with E-state index in [2.05, 4.69) is 10.6 Å². The Hall–Kier alpha value is -2.90. The standard InChI is InChI=1S/C18H21N3O5/c1-18(12-7-8-12)16(25)21(17(26)20-18)10-14(22)19-13(15(23)24)9-11-5-3-2-4-6-11/h2-6,12-13H,7-10H2,1H3,(H,19,22)(H,20,26)(H,23,24). The molecule has 1 aromatic carbocycles. The summed E-state index contributed by atoms with van der Waals surface area (Å²) in [6.07, 6.45) is 1.84. The Morgan fingerprint density at radius 3 is 2.54 bits per heavy atom. The van der Waals surface area contributed by atoms with Crippen molar-refractivity contribution in [2.75, 3.05) is 6.54 Å². The third-order valence-electron chi connectivity index (χ3n) is 4.91. The van der Waals surface area contributed by atoms with Crippen LogP contribution in [0.2, 0.25) is 0 Å². The van der Waals surface area contributed by atoms with Crippen LogP contribution in [0.25, 0.3) is 0 Å². The minimum atomic E-state index is -1.18. The average Bonchev–Trinajstić information content (AvgIpc) is 3.41. The van der Waals surface area contributed by atoms with Crippen LogP contribution in [-0.2, 0) is 20.8 Å². The van der Waals surface area contributed by atoms with Gasteiger partial charge in [-0.15, -0.1) is 0 Å². The van der Waals surface area contributed by atoms with Crippen LogP contribution < -0.4 is 10.6 Å². The first-order valence-corrected chi connectivity index (χ1v) is 8.51. The van der Waals surface area contributed by atoms with E-state index in [1.807, 2.05) is 6.07 Å². The Kier molecular flexibility index (Phi) is 4.67. The summed E-state index contributed by atoms with van der Waals surface area (Å²) in [6, 6.07) is 7.15. The van der Waals surface area contributed by atoms with E-state index < -0.39 is 41.9 Å². The molecule has 26 heavy (non-hydrogen) atoms. The Morgan fingerprint density at radius 1 is 1.31 bits per heavy atom. The zero-order valence-corrected chi connectivity index (χ0v) is 14.4. The topological polar surface area (TPSA) is 116 Å². The van der Waals surface area contributed by atoms with Crippen LogP contribution in [0.1, 0.15) is 25.3 Å². The number of aliphatic carboxylic acids is 1. The minimum Gasteiger partial charge on any atom is -0.480 e. The summed E-state index contributed by atoms with van der Waals surface area (Å²) in [5.41, 5.74) is -0.204. The van der Waals surface area contributed by atoms with Gasteiger partial charge < -0.3 is 15.7 Å². The zero-order chi connectivity index (χ0) is 18.9. The molecule has 8 nitrogen and oxygen atoms in total. The van der Waals surface area contributed by atoms with Gasteiger partial charge in [0, 0.05) is 6.42 Å². The zero-order valence-electron chi connectivity index (χ0n) is 14.4. The molecule has 8 heteroatoms. The predicted octanol–water partition coefficient (Wildman–Crippen LogP) is 0.519. The number of carboxylic acid groups (broad SMARTS) is 1. The van der Waals surface area contributed by atoms with E-state index in [1.165, 1.54) is 0 Å². The molecule has 1 saturated heterocycles. The molecule has 2 atom stereocenters. The molecule has 138 valence electrons. The lowest BCUT2D eigenvalue weighted by atomic mass is 9.96. The first-order valence-electron chi connectivity index (χ1n) is 8.51. The molecule has 1 saturated carbocycles. The van der Waals surface area contributed by atoms with Crippen LogP contribution in [0.4, 0.5) is 4.79 Å². The largest absolute Gasteiger partial charge is 0.480 e. The summed E-state index contributed by atoms with van der Waals surface area (Å²) in [7, 11) is 0. The third-order valence-corrected chi connectivity index (χ3v) is 4.91. The first kappa shape index (κ1) is 17.9. The summed E-state index contributed by atoms with van der Waals surface area (Å²) in [5.74, 6) is -2.20. The molecule has 1 aliphatic heterocycles. The van der Waals surface area contributed by atoms with Gasteiger partial charge in [0.25, 0.3) is 5.91 Å². The monoisotopic (exact) mass is 359 g/mol. The first-order chi connectivity index (χ1) is 12.3. The van der Waals surface area contributed by atoms with Gasteiger partial charge in [-0.05, 0) is 31.2 Å². The highest BCUT2D eigenvalue weighted by Gasteiger charge is 2.56. The number of benzene rings is 1. The fourth-order valence-corrected chi connectivity index (χ4v) is 3.23. The summed E-state index contributed by atoms with van der Waals surface area (Å²) >= 11 is 0. The van der Waals surface area contributed by atoms with Gasteiger partial charge >= 0.3 is 12.0 Å². The van der Waals surface area contributed by atoms with Crippen molar-refractivity contribution < 1.29 is 24.3 Å². The molecular formula is C18H21N3O5. The van der Waals surface area contributed by atoms with Crippen LogP contribution in [-0.4, -0.2) is 51.9 Å². The molecule has 2 fully saturated rings. The molecule has 1 aromatic rings. The van der Waals surface area contributed by atoms with Gasteiger partial charge in [-0.25, -0.2) is 9.59 Å². The second-order valence-electron chi connectivity index (χ2n) is 6.95. The van der Waals surface area contributed by atoms with Crippen LogP contribution in [0.3, 0.4) is 0 Å². The molecule has 0 bridgehead atoms. The highest BCUT2D eigenvalue weighted by Crippen LogP contribution is 2.42. The summed E-state index contributed by atoms with van der Waals surface area (Å²) < 4.78 is 0. The number of carbonyl (C=O) groups is 4. The van der Waals surface area contributed by atoms with Crippen molar-refractivity contribution in [3.63, 3.8) is 0 Å². The smallest absolute Gasteiger partial charge is 0.326 e. The molecule has 2 aliphatic rings. The van der Waals surface area contributed by atoms with E-state index in [0.717, 1.165) is 23.3 Å². The van der Waals surface area contributed by atoms with Crippen molar-refractivity contribution in [2.24, 2.45) is 5.92 Å². The number of hydrogen-bond donors (Lipinski definition) is 3. The maximum Gasteiger partial charge on any atom is 0.326 e. The van der Waals surface area contributed by atoms with Crippen LogP contribution >= 0.6 is 0 Å². The van der Waals surface area contributed by atoms with E-state index in [0.29, 0.717) is 0 Å². The number of urea groups is 1. The Balaban J connectivity index is 1.62. The van der Waals surface area contributed by atoms with E-state index in [9.17, 15) is 24.3 Å². The van der Waals surface area contributed by atoms with Crippen LogP contribution in [0.5, 0.6) is 0 Å². The van der Waals surface area contributed by atoms with Gasteiger partial charge in [0.1, 0.15) is 18.1 Å².